The van der Waals surface area contributed by atoms with E-state index in [1.54, 1.807) is 6.07 Å². The predicted molar refractivity (Wildman–Crippen MR) is 74.3 cm³/mol. The fourth-order valence-corrected chi connectivity index (χ4v) is 2.29. The molecule has 2 rings (SSSR count). The summed E-state index contributed by atoms with van der Waals surface area (Å²) in [7, 11) is -2.13. The Morgan fingerprint density at radius 1 is 1.26 bits per heavy atom. The van der Waals surface area contributed by atoms with Crippen LogP contribution in [-0.2, 0) is 16.6 Å². The van der Waals surface area contributed by atoms with E-state index in [1.165, 1.54) is 7.05 Å². The van der Waals surface area contributed by atoms with E-state index in [4.69, 9.17) is 0 Å². The van der Waals surface area contributed by atoms with Gasteiger partial charge in [-0.1, -0.05) is 18.2 Å². The number of para-hydroxylation sites is 1. The monoisotopic (exact) mass is 281 g/mol. The molecule has 0 unspecified atom stereocenters. The molecule has 0 radical (unpaired) electrons. The highest BCUT2D eigenvalue weighted by molar-refractivity contribution is 7.87. The molecule has 0 bridgehead atoms. The number of fused-ring (bicyclic) bond motifs is 1. The molecular weight excluding hydrogens is 266 g/mol. The van der Waals surface area contributed by atoms with Crippen LogP contribution >= 0.6 is 0 Å². The molecule has 7 heteroatoms. The van der Waals surface area contributed by atoms with Crippen LogP contribution in [0.3, 0.4) is 0 Å². The molecule has 102 valence electrons. The van der Waals surface area contributed by atoms with E-state index in [9.17, 15) is 13.2 Å². The fourth-order valence-electron chi connectivity index (χ4n) is 1.77. The number of benzene rings is 1. The van der Waals surface area contributed by atoms with Gasteiger partial charge in [0, 0.05) is 24.7 Å². The first-order chi connectivity index (χ1) is 9.02. The van der Waals surface area contributed by atoms with Crippen LogP contribution in [0.5, 0.6) is 0 Å². The van der Waals surface area contributed by atoms with Crippen molar-refractivity contribution in [2.75, 3.05) is 13.6 Å². The lowest BCUT2D eigenvalue weighted by Gasteiger charge is -2.05. The topological polar surface area (TPSA) is 91.1 Å². The summed E-state index contributed by atoms with van der Waals surface area (Å²) < 4.78 is 26.8. The summed E-state index contributed by atoms with van der Waals surface area (Å²) in [6, 6.07) is 9.23. The first-order valence-corrected chi connectivity index (χ1v) is 7.29. The minimum atomic E-state index is -3.46. The summed E-state index contributed by atoms with van der Waals surface area (Å²) in [5.74, 6) is 0. The number of hydrogen-bond acceptors (Lipinski definition) is 3. The maximum absolute atomic E-state index is 11.8. The zero-order chi connectivity index (χ0) is 13.9. The molecule has 19 heavy (non-hydrogen) atoms. The molecule has 2 aromatic rings. The van der Waals surface area contributed by atoms with E-state index in [-0.39, 0.29) is 12.1 Å². The zero-order valence-corrected chi connectivity index (χ0v) is 11.3. The van der Waals surface area contributed by atoms with Gasteiger partial charge in [-0.25, -0.2) is 9.44 Å². The number of hydrogen-bond donors (Lipinski definition) is 3. The van der Waals surface area contributed by atoms with Crippen molar-refractivity contribution in [1.29, 1.82) is 0 Å². The SMILES string of the molecule is CNS(=O)(=O)NCCc1cc2ccccc2[nH]c1=O. The van der Waals surface area contributed by atoms with Crippen LogP contribution in [0.4, 0.5) is 0 Å². The Labute approximate surface area is 111 Å². The van der Waals surface area contributed by atoms with Gasteiger partial charge in [0.25, 0.3) is 15.8 Å². The lowest BCUT2D eigenvalue weighted by molar-refractivity contribution is 0.573. The Morgan fingerprint density at radius 3 is 2.74 bits per heavy atom. The summed E-state index contributed by atoms with van der Waals surface area (Å²) in [5.41, 5.74) is 1.13. The molecule has 0 atom stereocenters. The van der Waals surface area contributed by atoms with Crippen LogP contribution in [0.1, 0.15) is 5.56 Å². The molecule has 0 spiro atoms. The Hall–Kier alpha value is -1.70. The molecule has 1 aromatic carbocycles. The summed E-state index contributed by atoms with van der Waals surface area (Å²) >= 11 is 0. The highest BCUT2D eigenvalue weighted by atomic mass is 32.2. The van der Waals surface area contributed by atoms with Gasteiger partial charge in [-0.2, -0.15) is 8.42 Å². The van der Waals surface area contributed by atoms with Gasteiger partial charge in [-0.3, -0.25) is 4.79 Å². The van der Waals surface area contributed by atoms with Crippen molar-refractivity contribution in [2.45, 2.75) is 6.42 Å². The third kappa shape index (κ3) is 3.40. The number of aromatic nitrogens is 1. The predicted octanol–water partition coefficient (Wildman–Crippen LogP) is 0.124. The Morgan fingerprint density at radius 2 is 2.00 bits per heavy atom. The standard InChI is InChI=1S/C12H15N3O3S/c1-13-19(17,18)14-7-6-10-8-9-4-2-3-5-11(9)15-12(10)16/h2-5,8,13-14H,6-7H2,1H3,(H,15,16). The van der Waals surface area contributed by atoms with E-state index in [0.717, 1.165) is 10.9 Å². The van der Waals surface area contributed by atoms with Crippen molar-refractivity contribution in [1.82, 2.24) is 14.4 Å². The lowest BCUT2D eigenvalue weighted by atomic mass is 10.1. The summed E-state index contributed by atoms with van der Waals surface area (Å²) in [6.45, 7) is 0.171. The molecule has 6 nitrogen and oxygen atoms in total. The molecule has 0 aliphatic carbocycles. The van der Waals surface area contributed by atoms with Crippen molar-refractivity contribution < 1.29 is 8.42 Å². The second kappa shape index (κ2) is 5.52. The average Bonchev–Trinajstić information content (AvgIpc) is 2.39. The first kappa shape index (κ1) is 13.7. The van der Waals surface area contributed by atoms with Crippen LogP contribution in [0.15, 0.2) is 35.1 Å². The molecule has 0 amide bonds. The van der Waals surface area contributed by atoms with E-state index < -0.39 is 10.2 Å². The normalized spacial score (nSPS) is 11.8. The van der Waals surface area contributed by atoms with Crippen LogP contribution in [0.25, 0.3) is 10.9 Å². The Kier molecular flexibility index (Phi) is 3.98. The quantitative estimate of drug-likeness (QED) is 0.727. The zero-order valence-electron chi connectivity index (χ0n) is 10.4. The molecule has 1 aromatic heterocycles. The minimum absolute atomic E-state index is 0.171. The number of H-pyrrole nitrogens is 1. The molecule has 1 heterocycles. The van der Waals surface area contributed by atoms with Crippen LogP contribution in [0.2, 0.25) is 0 Å². The molecule has 3 N–H and O–H groups in total. The molecule has 0 saturated heterocycles. The van der Waals surface area contributed by atoms with Gasteiger partial charge >= 0.3 is 0 Å². The third-order valence-electron chi connectivity index (χ3n) is 2.79. The van der Waals surface area contributed by atoms with Crippen molar-refractivity contribution in [3.8, 4) is 0 Å². The smallest absolute Gasteiger partial charge is 0.276 e. The van der Waals surface area contributed by atoms with Crippen molar-refractivity contribution in [3.05, 3.63) is 46.2 Å². The maximum atomic E-state index is 11.8. The highest BCUT2D eigenvalue weighted by Crippen LogP contribution is 2.10. The summed E-state index contributed by atoms with van der Waals surface area (Å²) in [5, 5.41) is 0.925. The summed E-state index contributed by atoms with van der Waals surface area (Å²) in [6.07, 6.45) is 0.334. The molecule has 0 aliphatic rings. The molecule has 0 aliphatic heterocycles. The maximum Gasteiger partial charge on any atom is 0.276 e. The summed E-state index contributed by atoms with van der Waals surface area (Å²) in [4.78, 5) is 14.6. The van der Waals surface area contributed by atoms with E-state index in [0.29, 0.717) is 12.0 Å². The molecule has 0 fully saturated rings. The van der Waals surface area contributed by atoms with Crippen LogP contribution in [0, 0.1) is 0 Å². The Bertz CT molecular complexity index is 737. The van der Waals surface area contributed by atoms with Gasteiger partial charge in [-0.05, 0) is 23.9 Å². The van der Waals surface area contributed by atoms with Gasteiger partial charge in [0.2, 0.25) is 0 Å². The van der Waals surface area contributed by atoms with Crippen molar-refractivity contribution >= 4 is 21.1 Å². The van der Waals surface area contributed by atoms with Gasteiger partial charge in [-0.15, -0.1) is 0 Å². The van der Waals surface area contributed by atoms with E-state index in [2.05, 4.69) is 14.4 Å². The lowest BCUT2D eigenvalue weighted by Crippen LogP contribution is -2.35. The second-order valence-corrected chi connectivity index (χ2v) is 5.77. The molecular formula is C12H15N3O3S. The number of aromatic amines is 1. The highest BCUT2D eigenvalue weighted by Gasteiger charge is 2.07. The Balaban J connectivity index is 2.17. The van der Waals surface area contributed by atoms with Crippen LogP contribution in [-0.4, -0.2) is 27.0 Å². The first-order valence-electron chi connectivity index (χ1n) is 5.81. The van der Waals surface area contributed by atoms with Crippen molar-refractivity contribution in [2.24, 2.45) is 0 Å². The van der Waals surface area contributed by atoms with Crippen molar-refractivity contribution in [3.63, 3.8) is 0 Å². The van der Waals surface area contributed by atoms with Gasteiger partial charge in [0.1, 0.15) is 0 Å². The number of nitrogens with one attached hydrogen (secondary N) is 3. The fraction of sp³-hybridized carbons (Fsp3) is 0.250. The molecule has 0 saturated carbocycles. The second-order valence-electron chi connectivity index (χ2n) is 4.06. The van der Waals surface area contributed by atoms with Gasteiger partial charge in [0.15, 0.2) is 0 Å². The number of pyridine rings is 1. The van der Waals surface area contributed by atoms with Gasteiger partial charge in [0.05, 0.1) is 0 Å². The van der Waals surface area contributed by atoms with E-state index >= 15 is 0 Å². The van der Waals surface area contributed by atoms with E-state index in [1.807, 2.05) is 24.3 Å². The largest absolute Gasteiger partial charge is 0.322 e. The van der Waals surface area contributed by atoms with Gasteiger partial charge < -0.3 is 4.98 Å². The average molecular weight is 281 g/mol. The van der Waals surface area contributed by atoms with Crippen LogP contribution < -0.4 is 15.0 Å². The minimum Gasteiger partial charge on any atom is -0.322 e. The third-order valence-corrected chi connectivity index (χ3v) is 3.91. The number of rotatable bonds is 5.